The van der Waals surface area contributed by atoms with Crippen LogP contribution in [0, 0.1) is 5.82 Å². The summed E-state index contributed by atoms with van der Waals surface area (Å²) in [6.45, 7) is 0. The Morgan fingerprint density at radius 2 is 0.686 bits per heavy atom. The van der Waals surface area contributed by atoms with Crippen LogP contribution in [0.2, 0.25) is 0 Å². The molecule has 0 saturated heterocycles. The second-order valence-electron chi connectivity index (χ2n) is 8.67. The van der Waals surface area contributed by atoms with Crippen molar-refractivity contribution in [3.8, 4) is 44.5 Å². The molecule has 6 aromatic rings. The molecule has 166 valence electrons. The predicted molar refractivity (Wildman–Crippen MR) is 143 cm³/mol. The van der Waals surface area contributed by atoms with Gasteiger partial charge in [0.2, 0.25) is 0 Å². The van der Waals surface area contributed by atoms with Crippen molar-refractivity contribution in [1.29, 1.82) is 0 Å². The summed E-state index contributed by atoms with van der Waals surface area (Å²) in [5, 5.41) is 2.43. The van der Waals surface area contributed by atoms with Gasteiger partial charge in [0.15, 0.2) is 0 Å². The van der Waals surface area contributed by atoms with Crippen LogP contribution in [0.1, 0.15) is 0 Å². The molecule has 0 unspecified atom stereocenters. The normalized spacial score (nSPS) is 11.0. The molecule has 1 heterocycles. The van der Waals surface area contributed by atoms with E-state index in [0.29, 0.717) is 0 Å². The lowest BCUT2D eigenvalue weighted by Crippen LogP contribution is -1.84. The van der Waals surface area contributed by atoms with Crippen LogP contribution in [0.5, 0.6) is 0 Å². The van der Waals surface area contributed by atoms with Crippen molar-refractivity contribution in [1.82, 2.24) is 4.98 Å². The van der Waals surface area contributed by atoms with Crippen molar-refractivity contribution in [3.05, 3.63) is 140 Å². The lowest BCUT2D eigenvalue weighted by atomic mass is 9.96. The van der Waals surface area contributed by atoms with E-state index in [1.165, 1.54) is 50.7 Å². The summed E-state index contributed by atoms with van der Waals surface area (Å²) in [6.07, 6.45) is 3.64. The van der Waals surface area contributed by atoms with Crippen molar-refractivity contribution < 1.29 is 4.39 Å². The average molecular weight is 452 g/mol. The van der Waals surface area contributed by atoms with Gasteiger partial charge in [0.25, 0.3) is 0 Å². The van der Waals surface area contributed by atoms with Gasteiger partial charge in [-0.25, -0.2) is 4.39 Å². The number of nitrogens with zero attached hydrogens (tertiary/aromatic N) is 1. The Bertz CT molecular complexity index is 1600. The van der Waals surface area contributed by atoms with E-state index in [9.17, 15) is 4.39 Å². The first kappa shape index (κ1) is 21.0. The van der Waals surface area contributed by atoms with Crippen LogP contribution in [-0.2, 0) is 0 Å². The van der Waals surface area contributed by atoms with Crippen LogP contribution < -0.4 is 0 Å². The Hall–Kier alpha value is -4.56. The van der Waals surface area contributed by atoms with Gasteiger partial charge in [0.05, 0.1) is 0 Å². The Morgan fingerprint density at radius 1 is 0.343 bits per heavy atom. The maximum Gasteiger partial charge on any atom is 0.123 e. The minimum absolute atomic E-state index is 0.217. The molecule has 1 aromatic heterocycles. The number of rotatable bonds is 4. The number of pyridine rings is 1. The third kappa shape index (κ3) is 4.34. The van der Waals surface area contributed by atoms with Gasteiger partial charge in [-0.05, 0) is 91.7 Å². The molecular formula is C33H22FN. The number of hydrogen-bond acceptors (Lipinski definition) is 1. The molecule has 0 bridgehead atoms. The van der Waals surface area contributed by atoms with Gasteiger partial charge in [-0.1, -0.05) is 84.9 Å². The molecule has 0 spiro atoms. The molecule has 6 rings (SSSR count). The topological polar surface area (TPSA) is 12.9 Å². The summed E-state index contributed by atoms with van der Waals surface area (Å²) in [5.74, 6) is -0.217. The molecule has 0 aliphatic rings. The van der Waals surface area contributed by atoms with E-state index < -0.39 is 0 Å². The first-order valence-electron chi connectivity index (χ1n) is 11.6. The summed E-state index contributed by atoms with van der Waals surface area (Å²) < 4.78 is 13.2. The van der Waals surface area contributed by atoms with Crippen molar-refractivity contribution in [2.45, 2.75) is 0 Å². The molecule has 1 nitrogen and oxygen atoms in total. The standard InChI is InChI=1S/C33H22FN/c34-33-15-13-25(14-16-33)23-1-5-26(6-2-23)30-11-9-28-10-12-31(22-32(28)21-30)27-7-3-24(4-8-27)29-17-19-35-20-18-29/h1-22H. The highest BCUT2D eigenvalue weighted by molar-refractivity contribution is 5.91. The maximum absolute atomic E-state index is 13.2. The quantitative estimate of drug-likeness (QED) is 0.260. The molecule has 2 heteroatoms. The number of benzene rings is 5. The second kappa shape index (κ2) is 9.00. The SMILES string of the molecule is Fc1ccc(-c2ccc(-c3ccc4ccc(-c5ccc(-c6ccncc6)cc5)cc4c3)cc2)cc1. The zero-order valence-electron chi connectivity index (χ0n) is 19.0. The summed E-state index contributed by atoms with van der Waals surface area (Å²) in [6, 6.07) is 41.0. The number of halogens is 1. The number of aromatic nitrogens is 1. The predicted octanol–water partition coefficient (Wildman–Crippen LogP) is 9.04. The van der Waals surface area contributed by atoms with Gasteiger partial charge in [0, 0.05) is 12.4 Å². The number of fused-ring (bicyclic) bond motifs is 1. The van der Waals surface area contributed by atoms with Gasteiger partial charge >= 0.3 is 0 Å². The fourth-order valence-electron chi connectivity index (χ4n) is 4.50. The van der Waals surface area contributed by atoms with Gasteiger partial charge in [-0.15, -0.1) is 0 Å². The monoisotopic (exact) mass is 451 g/mol. The molecule has 0 saturated carbocycles. The Balaban J connectivity index is 1.30. The van der Waals surface area contributed by atoms with Crippen LogP contribution in [0.4, 0.5) is 4.39 Å². The molecular weight excluding hydrogens is 429 g/mol. The highest BCUT2D eigenvalue weighted by Crippen LogP contribution is 2.31. The fraction of sp³-hybridized carbons (Fsp3) is 0. The largest absolute Gasteiger partial charge is 0.265 e. The summed E-state index contributed by atoms with van der Waals surface area (Å²) in [5.41, 5.74) is 9.16. The summed E-state index contributed by atoms with van der Waals surface area (Å²) >= 11 is 0. The van der Waals surface area contributed by atoms with Crippen LogP contribution in [0.25, 0.3) is 55.3 Å². The second-order valence-corrected chi connectivity index (χ2v) is 8.67. The minimum Gasteiger partial charge on any atom is -0.265 e. The van der Waals surface area contributed by atoms with Crippen LogP contribution in [-0.4, -0.2) is 4.98 Å². The van der Waals surface area contributed by atoms with Crippen molar-refractivity contribution >= 4 is 10.8 Å². The van der Waals surface area contributed by atoms with E-state index in [1.807, 2.05) is 36.7 Å². The molecule has 0 aliphatic carbocycles. The van der Waals surface area contributed by atoms with E-state index in [4.69, 9.17) is 0 Å². The van der Waals surface area contributed by atoms with Gasteiger partial charge in [-0.2, -0.15) is 0 Å². The Labute approximate surface area is 204 Å². The van der Waals surface area contributed by atoms with Crippen molar-refractivity contribution in [2.75, 3.05) is 0 Å². The highest BCUT2D eigenvalue weighted by atomic mass is 19.1. The van der Waals surface area contributed by atoms with Gasteiger partial charge in [-0.3, -0.25) is 4.98 Å². The first-order chi connectivity index (χ1) is 17.2. The summed E-state index contributed by atoms with van der Waals surface area (Å²) in [4.78, 5) is 4.10. The van der Waals surface area contributed by atoms with Crippen LogP contribution in [0.3, 0.4) is 0 Å². The summed E-state index contributed by atoms with van der Waals surface area (Å²) in [7, 11) is 0. The lowest BCUT2D eigenvalue weighted by Gasteiger charge is -2.09. The smallest absolute Gasteiger partial charge is 0.123 e. The molecule has 0 N–H and O–H groups in total. The Morgan fingerprint density at radius 3 is 1.14 bits per heavy atom. The molecule has 0 radical (unpaired) electrons. The zero-order chi connectivity index (χ0) is 23.6. The molecule has 0 aliphatic heterocycles. The van der Waals surface area contributed by atoms with Gasteiger partial charge < -0.3 is 0 Å². The number of hydrogen-bond donors (Lipinski definition) is 0. The fourth-order valence-corrected chi connectivity index (χ4v) is 4.50. The van der Waals surface area contributed by atoms with E-state index >= 15 is 0 Å². The van der Waals surface area contributed by atoms with Gasteiger partial charge in [0.1, 0.15) is 5.82 Å². The minimum atomic E-state index is -0.217. The highest BCUT2D eigenvalue weighted by Gasteiger charge is 2.05. The van der Waals surface area contributed by atoms with E-state index in [1.54, 1.807) is 0 Å². The molecule has 0 fully saturated rings. The van der Waals surface area contributed by atoms with E-state index in [0.717, 1.165) is 16.7 Å². The maximum atomic E-state index is 13.2. The molecule has 0 amide bonds. The Kier molecular flexibility index (Phi) is 5.40. The third-order valence-electron chi connectivity index (χ3n) is 6.47. The van der Waals surface area contributed by atoms with Crippen molar-refractivity contribution in [3.63, 3.8) is 0 Å². The van der Waals surface area contributed by atoms with Crippen LogP contribution >= 0.6 is 0 Å². The molecule has 5 aromatic carbocycles. The van der Waals surface area contributed by atoms with Crippen LogP contribution in [0.15, 0.2) is 134 Å². The zero-order valence-corrected chi connectivity index (χ0v) is 19.0. The third-order valence-corrected chi connectivity index (χ3v) is 6.47. The van der Waals surface area contributed by atoms with E-state index in [-0.39, 0.29) is 5.82 Å². The first-order valence-corrected chi connectivity index (χ1v) is 11.6. The molecule has 35 heavy (non-hydrogen) atoms. The van der Waals surface area contributed by atoms with E-state index in [2.05, 4.69) is 89.9 Å². The molecule has 0 atom stereocenters. The average Bonchev–Trinajstić information content (AvgIpc) is 2.93. The van der Waals surface area contributed by atoms with Crippen molar-refractivity contribution in [2.24, 2.45) is 0 Å². The lowest BCUT2D eigenvalue weighted by molar-refractivity contribution is 0.628.